The normalized spacial score (nSPS) is 11.5. The quantitative estimate of drug-likeness (QED) is 0.607. The SMILES string of the molecule is C=C(C)C(=O)OCC(=O)OC(C)c1ccc(F)cc1. The molecule has 0 aliphatic rings. The molecule has 0 heterocycles. The van der Waals surface area contributed by atoms with Crippen LogP contribution in [0.5, 0.6) is 0 Å². The van der Waals surface area contributed by atoms with E-state index in [4.69, 9.17) is 4.74 Å². The Morgan fingerprint density at radius 1 is 1.32 bits per heavy atom. The van der Waals surface area contributed by atoms with Crippen LogP contribution in [-0.2, 0) is 19.1 Å². The molecule has 1 atom stereocenters. The van der Waals surface area contributed by atoms with E-state index in [1.807, 2.05) is 0 Å². The zero-order chi connectivity index (χ0) is 14.4. The Kier molecular flexibility index (Phi) is 5.23. The summed E-state index contributed by atoms with van der Waals surface area (Å²) in [6.07, 6.45) is -0.545. The second-order valence-corrected chi connectivity index (χ2v) is 4.04. The maximum absolute atomic E-state index is 12.7. The van der Waals surface area contributed by atoms with E-state index in [2.05, 4.69) is 11.3 Å². The Bertz CT molecular complexity index is 479. The lowest BCUT2D eigenvalue weighted by atomic mass is 10.1. The maximum Gasteiger partial charge on any atom is 0.344 e. The molecule has 4 nitrogen and oxygen atoms in total. The van der Waals surface area contributed by atoms with Crippen LogP contribution < -0.4 is 0 Å². The van der Waals surface area contributed by atoms with Crippen molar-refractivity contribution in [2.75, 3.05) is 6.61 Å². The van der Waals surface area contributed by atoms with Crippen LogP contribution in [0.4, 0.5) is 4.39 Å². The van der Waals surface area contributed by atoms with Crippen LogP contribution in [0.25, 0.3) is 0 Å². The van der Waals surface area contributed by atoms with Crippen LogP contribution in [0.1, 0.15) is 25.5 Å². The van der Waals surface area contributed by atoms with Crippen LogP contribution in [-0.4, -0.2) is 18.5 Å². The number of ether oxygens (including phenoxy) is 2. The molecule has 1 aromatic rings. The molecule has 1 rings (SSSR count). The summed E-state index contributed by atoms with van der Waals surface area (Å²) in [6.45, 7) is 6.04. The van der Waals surface area contributed by atoms with Crippen molar-refractivity contribution in [1.29, 1.82) is 0 Å². The summed E-state index contributed by atoms with van der Waals surface area (Å²) >= 11 is 0. The fourth-order valence-electron chi connectivity index (χ4n) is 1.28. The fraction of sp³-hybridized carbons (Fsp3) is 0.286. The Morgan fingerprint density at radius 3 is 2.42 bits per heavy atom. The number of carbonyl (C=O) groups is 2. The third-order valence-corrected chi connectivity index (χ3v) is 2.32. The van der Waals surface area contributed by atoms with Gasteiger partial charge in [-0.25, -0.2) is 14.0 Å². The second-order valence-electron chi connectivity index (χ2n) is 4.04. The second kappa shape index (κ2) is 6.68. The minimum atomic E-state index is -0.675. The number of rotatable bonds is 5. The summed E-state index contributed by atoms with van der Waals surface area (Å²) in [4.78, 5) is 22.5. The molecule has 0 saturated heterocycles. The van der Waals surface area contributed by atoms with E-state index in [1.165, 1.54) is 31.2 Å². The first-order chi connectivity index (χ1) is 8.90. The molecule has 0 fully saturated rings. The van der Waals surface area contributed by atoms with Gasteiger partial charge in [-0.15, -0.1) is 0 Å². The van der Waals surface area contributed by atoms with Crippen molar-refractivity contribution in [3.63, 3.8) is 0 Å². The largest absolute Gasteiger partial charge is 0.455 e. The van der Waals surface area contributed by atoms with E-state index in [9.17, 15) is 14.0 Å². The first kappa shape index (κ1) is 14.9. The summed E-state index contributed by atoms with van der Waals surface area (Å²) in [5.74, 6) is -1.68. The van der Waals surface area contributed by atoms with Crippen molar-refractivity contribution in [3.8, 4) is 0 Å². The number of halogens is 1. The van der Waals surface area contributed by atoms with Crippen LogP contribution in [0, 0.1) is 5.82 Å². The molecule has 5 heteroatoms. The molecule has 0 N–H and O–H groups in total. The Labute approximate surface area is 110 Å². The average molecular weight is 266 g/mol. The number of carbonyl (C=O) groups excluding carboxylic acids is 2. The third-order valence-electron chi connectivity index (χ3n) is 2.32. The molecule has 1 aromatic carbocycles. The van der Waals surface area contributed by atoms with E-state index >= 15 is 0 Å². The number of hydrogen-bond acceptors (Lipinski definition) is 4. The average Bonchev–Trinajstić information content (AvgIpc) is 2.36. The topological polar surface area (TPSA) is 52.6 Å². The van der Waals surface area contributed by atoms with Gasteiger partial charge in [0.2, 0.25) is 0 Å². The molecular formula is C14H15FO4. The van der Waals surface area contributed by atoms with Gasteiger partial charge in [0.05, 0.1) is 0 Å². The Balaban J connectivity index is 2.46. The van der Waals surface area contributed by atoms with Crippen LogP contribution in [0.15, 0.2) is 36.4 Å². The number of hydrogen-bond donors (Lipinski definition) is 0. The standard InChI is InChI=1S/C14H15FO4/c1-9(2)14(17)18-8-13(16)19-10(3)11-4-6-12(15)7-5-11/h4-7,10H,1,8H2,2-3H3. The van der Waals surface area contributed by atoms with Crippen molar-refractivity contribution in [2.45, 2.75) is 20.0 Å². The lowest BCUT2D eigenvalue weighted by molar-refractivity contribution is -0.160. The van der Waals surface area contributed by atoms with E-state index in [0.29, 0.717) is 5.56 Å². The first-order valence-electron chi connectivity index (χ1n) is 5.67. The maximum atomic E-state index is 12.7. The molecule has 0 aliphatic heterocycles. The lowest BCUT2D eigenvalue weighted by Crippen LogP contribution is -2.18. The van der Waals surface area contributed by atoms with Crippen LogP contribution in [0.2, 0.25) is 0 Å². The summed E-state index contributed by atoms with van der Waals surface area (Å²) in [5.41, 5.74) is 0.861. The Hall–Kier alpha value is -2.17. The highest BCUT2D eigenvalue weighted by molar-refractivity contribution is 5.88. The van der Waals surface area contributed by atoms with Crippen LogP contribution in [0.3, 0.4) is 0 Å². The van der Waals surface area contributed by atoms with E-state index in [0.717, 1.165) is 0 Å². The highest BCUT2D eigenvalue weighted by Crippen LogP contribution is 2.17. The predicted molar refractivity (Wildman–Crippen MR) is 66.7 cm³/mol. The molecule has 19 heavy (non-hydrogen) atoms. The molecule has 0 spiro atoms. The van der Waals surface area contributed by atoms with Crippen LogP contribution >= 0.6 is 0 Å². The van der Waals surface area contributed by atoms with Gasteiger partial charge in [-0.05, 0) is 31.5 Å². The van der Waals surface area contributed by atoms with E-state index in [1.54, 1.807) is 6.92 Å². The minimum absolute atomic E-state index is 0.208. The van der Waals surface area contributed by atoms with Gasteiger partial charge < -0.3 is 9.47 Å². The van der Waals surface area contributed by atoms with E-state index in [-0.39, 0.29) is 11.4 Å². The van der Waals surface area contributed by atoms with Gasteiger partial charge >= 0.3 is 11.9 Å². The molecular weight excluding hydrogens is 251 g/mol. The fourth-order valence-corrected chi connectivity index (χ4v) is 1.28. The van der Waals surface area contributed by atoms with Crippen molar-refractivity contribution < 1.29 is 23.5 Å². The highest BCUT2D eigenvalue weighted by atomic mass is 19.1. The highest BCUT2D eigenvalue weighted by Gasteiger charge is 2.14. The minimum Gasteiger partial charge on any atom is -0.455 e. The molecule has 0 aromatic heterocycles. The zero-order valence-electron chi connectivity index (χ0n) is 10.8. The summed E-state index contributed by atoms with van der Waals surface area (Å²) < 4.78 is 22.4. The van der Waals surface area contributed by atoms with Gasteiger partial charge in [-0.1, -0.05) is 18.7 Å². The molecule has 0 radical (unpaired) electrons. The Morgan fingerprint density at radius 2 is 1.89 bits per heavy atom. The van der Waals surface area contributed by atoms with Crippen molar-refractivity contribution in [1.82, 2.24) is 0 Å². The van der Waals surface area contributed by atoms with Gasteiger partial charge in [0.25, 0.3) is 0 Å². The summed E-state index contributed by atoms with van der Waals surface area (Å²) in [5, 5.41) is 0. The van der Waals surface area contributed by atoms with Crippen molar-refractivity contribution >= 4 is 11.9 Å². The van der Waals surface area contributed by atoms with Gasteiger partial charge in [-0.2, -0.15) is 0 Å². The number of benzene rings is 1. The zero-order valence-corrected chi connectivity index (χ0v) is 10.8. The van der Waals surface area contributed by atoms with Gasteiger partial charge in [0.1, 0.15) is 11.9 Å². The van der Waals surface area contributed by atoms with E-state index < -0.39 is 24.6 Å². The third kappa shape index (κ3) is 4.91. The smallest absolute Gasteiger partial charge is 0.344 e. The van der Waals surface area contributed by atoms with Gasteiger partial charge in [0.15, 0.2) is 6.61 Å². The first-order valence-corrected chi connectivity index (χ1v) is 5.67. The van der Waals surface area contributed by atoms with Gasteiger partial charge in [-0.3, -0.25) is 0 Å². The van der Waals surface area contributed by atoms with Crippen molar-refractivity contribution in [3.05, 3.63) is 47.8 Å². The summed E-state index contributed by atoms with van der Waals surface area (Å²) in [7, 11) is 0. The van der Waals surface area contributed by atoms with Crippen molar-refractivity contribution in [2.24, 2.45) is 0 Å². The summed E-state index contributed by atoms with van der Waals surface area (Å²) in [6, 6.07) is 5.60. The predicted octanol–water partition coefficient (Wildman–Crippen LogP) is 2.55. The number of esters is 2. The monoisotopic (exact) mass is 266 g/mol. The molecule has 0 amide bonds. The molecule has 0 saturated carbocycles. The van der Waals surface area contributed by atoms with Gasteiger partial charge in [0, 0.05) is 5.57 Å². The molecule has 1 unspecified atom stereocenters. The molecule has 102 valence electrons. The molecule has 0 aliphatic carbocycles. The lowest BCUT2D eigenvalue weighted by Gasteiger charge is -2.13. The molecule has 0 bridgehead atoms.